The summed E-state index contributed by atoms with van der Waals surface area (Å²) in [5, 5.41) is 6.98. The van der Waals surface area contributed by atoms with Gasteiger partial charge in [0.05, 0.1) is 11.0 Å². The number of benzene rings is 1. The summed E-state index contributed by atoms with van der Waals surface area (Å²) in [6, 6.07) is 5.86. The van der Waals surface area contributed by atoms with Crippen LogP contribution in [0.2, 0.25) is 0 Å². The highest BCUT2D eigenvalue weighted by molar-refractivity contribution is 14.0. The van der Waals surface area contributed by atoms with Crippen LogP contribution < -0.4 is 10.6 Å². The summed E-state index contributed by atoms with van der Waals surface area (Å²) in [4.78, 5) is 4.77. The fraction of sp³-hybridized carbons (Fsp3) is 0.667. The fourth-order valence-electron chi connectivity index (χ4n) is 4.87. The van der Waals surface area contributed by atoms with Gasteiger partial charge in [0.25, 0.3) is 0 Å². The van der Waals surface area contributed by atoms with Gasteiger partial charge in [-0.15, -0.1) is 24.0 Å². The van der Waals surface area contributed by atoms with Crippen LogP contribution in [0.5, 0.6) is 0 Å². The van der Waals surface area contributed by atoms with E-state index in [4.69, 9.17) is 4.74 Å². The first kappa shape index (κ1) is 24.4. The molecule has 2 unspecified atom stereocenters. The number of rotatable bonds is 6. The zero-order chi connectivity index (χ0) is 20.4. The molecule has 2 saturated carbocycles. The van der Waals surface area contributed by atoms with Gasteiger partial charge in [0.1, 0.15) is 0 Å². The molecule has 1 aromatic carbocycles. The lowest BCUT2D eigenvalue weighted by molar-refractivity contribution is -0.125. The summed E-state index contributed by atoms with van der Waals surface area (Å²) in [5.41, 5.74) is 2.05. The molecule has 6 nitrogen and oxygen atoms in total. The van der Waals surface area contributed by atoms with Crippen molar-refractivity contribution in [3.8, 4) is 0 Å². The maximum Gasteiger partial charge on any atom is 0.191 e. The minimum atomic E-state index is -3.19. The SMILES string of the molecule is CCOC1CC(NC(=NC)NCc2ccc(S(C)(=O)=O)c(C)c2)C12CCCC2.I. The van der Waals surface area contributed by atoms with E-state index in [1.54, 1.807) is 13.1 Å². The van der Waals surface area contributed by atoms with Gasteiger partial charge in [0.15, 0.2) is 15.8 Å². The van der Waals surface area contributed by atoms with E-state index in [9.17, 15) is 8.42 Å². The van der Waals surface area contributed by atoms with Gasteiger partial charge in [-0.25, -0.2) is 8.42 Å². The molecule has 2 aliphatic carbocycles. The number of hydrogen-bond acceptors (Lipinski definition) is 4. The lowest BCUT2D eigenvalue weighted by Gasteiger charge is -2.54. The lowest BCUT2D eigenvalue weighted by atomic mass is 9.60. The Bertz CT molecular complexity index is 836. The van der Waals surface area contributed by atoms with E-state index in [0.29, 0.717) is 23.6 Å². The molecule has 0 aliphatic heterocycles. The number of ether oxygens (including phenoxy) is 1. The molecule has 0 heterocycles. The maximum atomic E-state index is 11.8. The van der Waals surface area contributed by atoms with Crippen LogP contribution in [0.25, 0.3) is 0 Å². The summed E-state index contributed by atoms with van der Waals surface area (Å²) >= 11 is 0. The third-order valence-corrected chi connectivity index (χ3v) is 7.58. The van der Waals surface area contributed by atoms with E-state index in [1.807, 2.05) is 19.1 Å². The Morgan fingerprint density at radius 1 is 1.31 bits per heavy atom. The normalized spacial score (nSPS) is 23.4. The van der Waals surface area contributed by atoms with Gasteiger partial charge >= 0.3 is 0 Å². The highest BCUT2D eigenvalue weighted by Crippen LogP contribution is 2.54. The topological polar surface area (TPSA) is 79.8 Å². The number of nitrogens with one attached hydrogen (secondary N) is 2. The molecule has 2 fully saturated rings. The monoisotopic (exact) mass is 535 g/mol. The predicted octanol–water partition coefficient (Wildman–Crippen LogP) is 3.42. The van der Waals surface area contributed by atoms with E-state index >= 15 is 0 Å². The number of hydrogen-bond donors (Lipinski definition) is 2. The van der Waals surface area contributed by atoms with Gasteiger partial charge in [-0.1, -0.05) is 25.0 Å². The first-order chi connectivity index (χ1) is 13.3. The Morgan fingerprint density at radius 2 is 2.00 bits per heavy atom. The maximum absolute atomic E-state index is 11.8. The van der Waals surface area contributed by atoms with Crippen LogP contribution in [0, 0.1) is 12.3 Å². The third-order valence-electron chi connectivity index (χ3n) is 6.32. The molecule has 0 aromatic heterocycles. The Morgan fingerprint density at radius 3 is 2.55 bits per heavy atom. The standard InChI is InChI=1S/C21H33N3O3S.HI/c1-5-27-19-13-18(21(19)10-6-7-11-21)24-20(22-3)23-14-16-8-9-17(15(2)12-16)28(4,25)26;/h8-9,12,18-19H,5-7,10-11,13-14H2,1-4H3,(H2,22,23,24);1H. The Labute approximate surface area is 192 Å². The van der Waals surface area contributed by atoms with E-state index in [-0.39, 0.29) is 29.4 Å². The molecular formula is C21H34IN3O3S. The Hall–Kier alpha value is -0.870. The Kier molecular flexibility index (Phi) is 8.38. The average molecular weight is 535 g/mol. The number of guanidine groups is 1. The van der Waals surface area contributed by atoms with Crippen molar-refractivity contribution in [2.24, 2.45) is 10.4 Å². The minimum absolute atomic E-state index is 0. The summed E-state index contributed by atoms with van der Waals surface area (Å²) in [6.07, 6.45) is 7.63. The lowest BCUT2D eigenvalue weighted by Crippen LogP contribution is -2.65. The van der Waals surface area contributed by atoms with Crippen LogP contribution in [0.3, 0.4) is 0 Å². The van der Waals surface area contributed by atoms with Crippen LogP contribution in [0.4, 0.5) is 0 Å². The minimum Gasteiger partial charge on any atom is -0.378 e. The second-order valence-electron chi connectivity index (χ2n) is 8.11. The molecule has 2 atom stereocenters. The largest absolute Gasteiger partial charge is 0.378 e. The van der Waals surface area contributed by atoms with E-state index in [0.717, 1.165) is 30.1 Å². The molecule has 0 amide bonds. The molecular weight excluding hydrogens is 501 g/mol. The van der Waals surface area contributed by atoms with Crippen LogP contribution in [0.15, 0.2) is 28.1 Å². The highest BCUT2D eigenvalue weighted by atomic mass is 127. The molecule has 0 saturated heterocycles. The van der Waals surface area contributed by atoms with Gasteiger partial charge in [-0.05, 0) is 50.3 Å². The molecule has 3 rings (SSSR count). The zero-order valence-electron chi connectivity index (χ0n) is 17.8. The number of sulfone groups is 1. The molecule has 2 N–H and O–H groups in total. The molecule has 164 valence electrons. The van der Waals surface area contributed by atoms with Crippen molar-refractivity contribution < 1.29 is 13.2 Å². The molecule has 1 spiro atoms. The van der Waals surface area contributed by atoms with Gasteiger partial charge in [-0.2, -0.15) is 0 Å². The highest BCUT2D eigenvalue weighted by Gasteiger charge is 2.56. The van der Waals surface area contributed by atoms with Crippen LogP contribution in [-0.4, -0.2) is 46.4 Å². The van der Waals surface area contributed by atoms with Crippen LogP contribution in [0.1, 0.15) is 50.2 Å². The molecule has 0 bridgehead atoms. The van der Waals surface area contributed by atoms with Gasteiger partial charge in [-0.3, -0.25) is 4.99 Å². The first-order valence-electron chi connectivity index (χ1n) is 10.2. The second-order valence-corrected chi connectivity index (χ2v) is 10.1. The summed E-state index contributed by atoms with van der Waals surface area (Å²) < 4.78 is 29.6. The van der Waals surface area contributed by atoms with Crippen molar-refractivity contribution >= 4 is 39.8 Å². The smallest absolute Gasteiger partial charge is 0.191 e. The predicted molar refractivity (Wildman–Crippen MR) is 128 cm³/mol. The molecule has 1 aromatic rings. The van der Waals surface area contributed by atoms with Crippen LogP contribution in [-0.2, 0) is 21.1 Å². The summed E-state index contributed by atoms with van der Waals surface area (Å²) in [7, 11) is -1.40. The molecule has 8 heteroatoms. The van der Waals surface area contributed by atoms with Crippen molar-refractivity contribution in [3.63, 3.8) is 0 Å². The number of aryl methyl sites for hydroxylation is 1. The molecule has 2 aliphatic rings. The number of aliphatic imine (C=N–C) groups is 1. The third kappa shape index (κ3) is 5.25. The van der Waals surface area contributed by atoms with Gasteiger partial charge < -0.3 is 15.4 Å². The summed E-state index contributed by atoms with van der Waals surface area (Å²) in [6.45, 7) is 5.27. The van der Waals surface area contributed by atoms with Gasteiger partial charge in [0.2, 0.25) is 0 Å². The average Bonchev–Trinajstić information content (AvgIpc) is 3.15. The van der Waals surface area contributed by atoms with E-state index in [1.165, 1.54) is 31.9 Å². The van der Waals surface area contributed by atoms with Crippen LogP contribution >= 0.6 is 24.0 Å². The van der Waals surface area contributed by atoms with Crippen molar-refractivity contribution in [2.45, 2.75) is 69.5 Å². The fourth-order valence-corrected chi connectivity index (χ4v) is 5.83. The Balaban J connectivity index is 0.00000300. The van der Waals surface area contributed by atoms with Crippen molar-refractivity contribution in [2.75, 3.05) is 19.9 Å². The van der Waals surface area contributed by atoms with Crippen molar-refractivity contribution in [3.05, 3.63) is 29.3 Å². The van der Waals surface area contributed by atoms with E-state index in [2.05, 4.69) is 22.5 Å². The van der Waals surface area contributed by atoms with Crippen molar-refractivity contribution in [1.82, 2.24) is 10.6 Å². The van der Waals surface area contributed by atoms with Crippen molar-refractivity contribution in [1.29, 1.82) is 0 Å². The second kappa shape index (κ2) is 9.96. The number of halogens is 1. The number of nitrogens with zero attached hydrogens (tertiary/aromatic N) is 1. The summed E-state index contributed by atoms with van der Waals surface area (Å²) in [5.74, 6) is 0.788. The van der Waals surface area contributed by atoms with Gasteiger partial charge in [0, 0.05) is 37.9 Å². The first-order valence-corrected chi connectivity index (χ1v) is 12.1. The zero-order valence-corrected chi connectivity index (χ0v) is 21.0. The molecule has 0 radical (unpaired) electrons. The van der Waals surface area contributed by atoms with E-state index < -0.39 is 9.84 Å². The molecule has 29 heavy (non-hydrogen) atoms. The quantitative estimate of drug-likeness (QED) is 0.332.